The Labute approximate surface area is 113 Å². The van der Waals surface area contributed by atoms with Gasteiger partial charge in [-0.1, -0.05) is 12.1 Å². The zero-order chi connectivity index (χ0) is 13.7. The third-order valence-corrected chi connectivity index (χ3v) is 3.42. The van der Waals surface area contributed by atoms with Crippen LogP contribution in [0, 0.1) is 12.7 Å². The summed E-state index contributed by atoms with van der Waals surface area (Å²) in [5, 5.41) is 3.25. The van der Waals surface area contributed by atoms with Gasteiger partial charge in [0.15, 0.2) is 0 Å². The smallest absolute Gasteiger partial charge is 0.126 e. The summed E-state index contributed by atoms with van der Waals surface area (Å²) < 4.78 is 13.6. The molecule has 1 unspecified atom stereocenters. The van der Waals surface area contributed by atoms with Crippen LogP contribution in [0.3, 0.4) is 0 Å². The zero-order valence-corrected chi connectivity index (χ0v) is 11.4. The molecule has 1 atom stereocenters. The number of halogens is 1. The van der Waals surface area contributed by atoms with Gasteiger partial charge in [0.25, 0.3) is 0 Å². The van der Waals surface area contributed by atoms with Crippen molar-refractivity contribution < 1.29 is 4.39 Å². The van der Waals surface area contributed by atoms with E-state index >= 15 is 0 Å². The second-order valence-corrected chi connectivity index (χ2v) is 4.74. The van der Waals surface area contributed by atoms with Gasteiger partial charge in [0, 0.05) is 18.4 Å². The topological polar surface area (TPSA) is 24.9 Å². The number of aryl methyl sites for hydroxylation is 2. The number of hydrogen-bond donors (Lipinski definition) is 1. The van der Waals surface area contributed by atoms with Gasteiger partial charge in [-0.2, -0.15) is 0 Å². The molecule has 2 aromatic rings. The van der Waals surface area contributed by atoms with E-state index < -0.39 is 0 Å². The standard InChI is InChI=1S/C16H19FN2/c1-12-3-5-14(11-15(12)17)16(18-2)6-4-13-7-9-19-10-8-13/h3,5,7-11,16,18H,4,6H2,1-2H3. The summed E-state index contributed by atoms with van der Waals surface area (Å²) in [5.41, 5.74) is 2.94. The largest absolute Gasteiger partial charge is 0.313 e. The Kier molecular flexibility index (Phi) is 4.63. The molecule has 0 amide bonds. The number of hydrogen-bond acceptors (Lipinski definition) is 2. The molecule has 0 aliphatic heterocycles. The lowest BCUT2D eigenvalue weighted by atomic mass is 9.98. The van der Waals surface area contributed by atoms with E-state index in [0.29, 0.717) is 5.56 Å². The molecule has 1 N–H and O–H groups in total. The first-order valence-corrected chi connectivity index (χ1v) is 6.53. The molecule has 2 rings (SSSR count). The highest BCUT2D eigenvalue weighted by Gasteiger charge is 2.11. The fraction of sp³-hybridized carbons (Fsp3) is 0.312. The van der Waals surface area contributed by atoms with Crippen molar-refractivity contribution >= 4 is 0 Å². The van der Waals surface area contributed by atoms with Crippen LogP contribution in [0.2, 0.25) is 0 Å². The lowest BCUT2D eigenvalue weighted by Gasteiger charge is -2.17. The van der Waals surface area contributed by atoms with Crippen LogP contribution in [-0.4, -0.2) is 12.0 Å². The molecule has 0 saturated heterocycles. The Bertz CT molecular complexity index is 526. The van der Waals surface area contributed by atoms with Crippen LogP contribution in [0.5, 0.6) is 0 Å². The fourth-order valence-corrected chi connectivity index (χ4v) is 2.16. The van der Waals surface area contributed by atoms with Gasteiger partial charge in [0.05, 0.1) is 0 Å². The molecule has 19 heavy (non-hydrogen) atoms. The van der Waals surface area contributed by atoms with E-state index in [1.165, 1.54) is 5.56 Å². The van der Waals surface area contributed by atoms with E-state index in [1.54, 1.807) is 25.4 Å². The molecule has 0 aliphatic carbocycles. The molecule has 1 heterocycles. The fourth-order valence-electron chi connectivity index (χ4n) is 2.16. The predicted octanol–water partition coefficient (Wildman–Crippen LogP) is 3.42. The average molecular weight is 258 g/mol. The monoisotopic (exact) mass is 258 g/mol. The van der Waals surface area contributed by atoms with Crippen LogP contribution in [0.1, 0.15) is 29.2 Å². The molecule has 0 aliphatic rings. The second-order valence-electron chi connectivity index (χ2n) is 4.74. The summed E-state index contributed by atoms with van der Waals surface area (Å²) in [6, 6.07) is 9.66. The van der Waals surface area contributed by atoms with E-state index in [-0.39, 0.29) is 11.9 Å². The molecule has 1 aromatic carbocycles. The van der Waals surface area contributed by atoms with Crippen LogP contribution >= 0.6 is 0 Å². The first-order valence-electron chi connectivity index (χ1n) is 6.53. The lowest BCUT2D eigenvalue weighted by Crippen LogP contribution is -2.17. The Morgan fingerprint density at radius 3 is 2.58 bits per heavy atom. The molecule has 0 spiro atoms. The molecular weight excluding hydrogens is 239 g/mol. The normalized spacial score (nSPS) is 12.4. The minimum Gasteiger partial charge on any atom is -0.313 e. The minimum atomic E-state index is -0.137. The summed E-state index contributed by atoms with van der Waals surface area (Å²) in [6.45, 7) is 1.78. The van der Waals surface area contributed by atoms with Gasteiger partial charge < -0.3 is 5.32 Å². The van der Waals surface area contributed by atoms with Crippen molar-refractivity contribution in [2.75, 3.05) is 7.05 Å². The van der Waals surface area contributed by atoms with Crippen molar-refractivity contribution in [1.82, 2.24) is 10.3 Å². The van der Waals surface area contributed by atoms with Gasteiger partial charge in [-0.05, 0) is 61.7 Å². The first-order chi connectivity index (χ1) is 9.20. The molecule has 100 valence electrons. The average Bonchev–Trinajstić information content (AvgIpc) is 2.44. The zero-order valence-electron chi connectivity index (χ0n) is 11.4. The quantitative estimate of drug-likeness (QED) is 0.888. The van der Waals surface area contributed by atoms with Crippen LogP contribution in [0.15, 0.2) is 42.7 Å². The van der Waals surface area contributed by atoms with E-state index in [1.807, 2.05) is 31.3 Å². The Hall–Kier alpha value is -1.74. The summed E-state index contributed by atoms with van der Waals surface area (Å²) in [5.74, 6) is -0.137. The van der Waals surface area contributed by atoms with Crippen molar-refractivity contribution in [3.8, 4) is 0 Å². The highest BCUT2D eigenvalue weighted by Crippen LogP contribution is 2.21. The highest BCUT2D eigenvalue weighted by atomic mass is 19.1. The molecule has 0 bridgehead atoms. The van der Waals surface area contributed by atoms with E-state index in [0.717, 1.165) is 18.4 Å². The van der Waals surface area contributed by atoms with Crippen molar-refractivity contribution in [2.45, 2.75) is 25.8 Å². The Morgan fingerprint density at radius 1 is 1.21 bits per heavy atom. The molecule has 0 saturated carbocycles. The van der Waals surface area contributed by atoms with E-state index in [9.17, 15) is 4.39 Å². The number of aromatic nitrogens is 1. The number of nitrogens with zero attached hydrogens (tertiary/aromatic N) is 1. The van der Waals surface area contributed by atoms with Crippen LogP contribution in [-0.2, 0) is 6.42 Å². The van der Waals surface area contributed by atoms with Gasteiger partial charge >= 0.3 is 0 Å². The Morgan fingerprint density at radius 2 is 1.95 bits per heavy atom. The predicted molar refractivity (Wildman–Crippen MR) is 75.5 cm³/mol. The molecular formula is C16H19FN2. The summed E-state index contributed by atoms with van der Waals surface area (Å²) >= 11 is 0. The first kappa shape index (κ1) is 13.7. The number of benzene rings is 1. The van der Waals surface area contributed by atoms with Crippen molar-refractivity contribution in [3.05, 3.63) is 65.2 Å². The van der Waals surface area contributed by atoms with Gasteiger partial charge in [-0.25, -0.2) is 4.39 Å². The van der Waals surface area contributed by atoms with E-state index in [4.69, 9.17) is 0 Å². The summed E-state index contributed by atoms with van der Waals surface area (Å²) in [7, 11) is 1.91. The Balaban J connectivity index is 2.05. The number of nitrogens with one attached hydrogen (secondary N) is 1. The van der Waals surface area contributed by atoms with E-state index in [2.05, 4.69) is 10.3 Å². The highest BCUT2D eigenvalue weighted by molar-refractivity contribution is 5.26. The van der Waals surface area contributed by atoms with Crippen molar-refractivity contribution in [3.63, 3.8) is 0 Å². The second kappa shape index (κ2) is 6.43. The van der Waals surface area contributed by atoms with Gasteiger partial charge in [-0.15, -0.1) is 0 Å². The molecule has 1 aromatic heterocycles. The van der Waals surface area contributed by atoms with Gasteiger partial charge in [-0.3, -0.25) is 4.98 Å². The lowest BCUT2D eigenvalue weighted by molar-refractivity contribution is 0.541. The molecule has 3 heteroatoms. The summed E-state index contributed by atoms with van der Waals surface area (Å²) in [4.78, 5) is 4.01. The maximum absolute atomic E-state index is 13.6. The maximum atomic E-state index is 13.6. The molecule has 0 radical (unpaired) electrons. The number of rotatable bonds is 5. The van der Waals surface area contributed by atoms with Gasteiger partial charge in [0.2, 0.25) is 0 Å². The van der Waals surface area contributed by atoms with Crippen molar-refractivity contribution in [1.29, 1.82) is 0 Å². The molecule has 0 fully saturated rings. The number of pyridine rings is 1. The van der Waals surface area contributed by atoms with Gasteiger partial charge in [0.1, 0.15) is 5.82 Å². The minimum absolute atomic E-state index is 0.137. The summed E-state index contributed by atoms with van der Waals surface area (Å²) in [6.07, 6.45) is 5.48. The van der Waals surface area contributed by atoms with Crippen LogP contribution in [0.25, 0.3) is 0 Å². The van der Waals surface area contributed by atoms with Crippen LogP contribution in [0.4, 0.5) is 4.39 Å². The maximum Gasteiger partial charge on any atom is 0.126 e. The third-order valence-electron chi connectivity index (χ3n) is 3.42. The third kappa shape index (κ3) is 3.61. The van der Waals surface area contributed by atoms with Crippen molar-refractivity contribution in [2.24, 2.45) is 0 Å². The SMILES string of the molecule is CNC(CCc1ccncc1)c1ccc(C)c(F)c1. The van der Waals surface area contributed by atoms with Crippen LogP contribution < -0.4 is 5.32 Å². The molecule has 2 nitrogen and oxygen atoms in total.